The zero-order valence-corrected chi connectivity index (χ0v) is 35.1. The van der Waals surface area contributed by atoms with Crippen LogP contribution in [0.15, 0.2) is 225 Å². The molecule has 0 radical (unpaired) electrons. The molecule has 13 aromatic rings. The first-order valence-electron chi connectivity index (χ1n) is 21.9. The van der Waals surface area contributed by atoms with Gasteiger partial charge in [0, 0.05) is 62.1 Å². The summed E-state index contributed by atoms with van der Waals surface area (Å²) in [5, 5.41) is 13.9. The van der Waals surface area contributed by atoms with Gasteiger partial charge in [0.25, 0.3) is 0 Å². The molecule has 4 heterocycles. The fourth-order valence-electron chi connectivity index (χ4n) is 9.74. The number of anilines is 3. The van der Waals surface area contributed by atoms with E-state index in [0.29, 0.717) is 0 Å². The Kier molecular flexibility index (Phi) is 8.46. The van der Waals surface area contributed by atoms with Crippen LogP contribution in [-0.2, 0) is 0 Å². The van der Waals surface area contributed by atoms with Gasteiger partial charge in [-0.25, -0.2) is 19.9 Å². The minimum absolute atomic E-state index is 0.741. The van der Waals surface area contributed by atoms with Gasteiger partial charge in [-0.2, -0.15) is 0 Å². The summed E-state index contributed by atoms with van der Waals surface area (Å²) in [5.74, 6) is 0. The molecule has 0 aliphatic rings. The molecular weight excluding hydrogens is 791 g/mol. The van der Waals surface area contributed by atoms with E-state index in [1.807, 2.05) is 24.5 Å². The highest BCUT2D eigenvalue weighted by atomic mass is 15.1. The number of pyridine rings is 4. The number of rotatable bonds is 6. The van der Waals surface area contributed by atoms with Crippen molar-refractivity contribution in [2.45, 2.75) is 0 Å². The van der Waals surface area contributed by atoms with Crippen molar-refractivity contribution in [3.8, 4) is 33.6 Å². The highest BCUT2D eigenvalue weighted by Crippen LogP contribution is 2.41. The smallest absolute Gasteiger partial charge is 0.160 e. The standard InChI is InChI=1S/C60H37N5/c1-2-10-41-35-42(18-17-38(41)9-1)43-25-31-49-44(36-43)19-20-45-37-48(30-32-50(45)49)65(46-26-21-39(22-27-46)57-53-13-5-3-11-51(53)55-15-7-33-61-59(55)63-57)47-28-23-40(24-29-47)58-54-14-6-4-12-52(54)56-16-8-34-62-60(56)64-58/h1-37H. The molecule has 302 valence electrons. The van der Waals surface area contributed by atoms with Crippen LogP contribution in [0.25, 0.3) is 110 Å². The third kappa shape index (κ3) is 6.24. The molecule has 0 aliphatic heterocycles. The van der Waals surface area contributed by atoms with Crippen molar-refractivity contribution in [3.05, 3.63) is 225 Å². The van der Waals surface area contributed by atoms with Crippen LogP contribution in [0.3, 0.4) is 0 Å². The van der Waals surface area contributed by atoms with Crippen LogP contribution in [0.5, 0.6) is 0 Å². The molecule has 5 heteroatoms. The predicted molar refractivity (Wildman–Crippen MR) is 271 cm³/mol. The lowest BCUT2D eigenvalue weighted by atomic mass is 9.96. The van der Waals surface area contributed by atoms with Crippen molar-refractivity contribution >= 4 is 93.0 Å². The molecule has 0 saturated carbocycles. The van der Waals surface area contributed by atoms with E-state index in [4.69, 9.17) is 9.97 Å². The van der Waals surface area contributed by atoms with E-state index in [-0.39, 0.29) is 0 Å². The van der Waals surface area contributed by atoms with Gasteiger partial charge in [-0.15, -0.1) is 0 Å². The third-order valence-corrected chi connectivity index (χ3v) is 12.9. The number of nitrogens with zero attached hydrogens (tertiary/aromatic N) is 5. The summed E-state index contributed by atoms with van der Waals surface area (Å²) in [4.78, 5) is 21.8. The van der Waals surface area contributed by atoms with Crippen LogP contribution in [0.2, 0.25) is 0 Å². The number of hydrogen-bond donors (Lipinski definition) is 0. The fourth-order valence-corrected chi connectivity index (χ4v) is 9.74. The number of aromatic nitrogens is 4. The fraction of sp³-hybridized carbons (Fsp3) is 0. The first kappa shape index (κ1) is 36.8. The minimum Gasteiger partial charge on any atom is -0.310 e. The van der Waals surface area contributed by atoms with Crippen LogP contribution in [-0.4, -0.2) is 19.9 Å². The van der Waals surface area contributed by atoms with Crippen molar-refractivity contribution in [3.63, 3.8) is 0 Å². The molecule has 0 bridgehead atoms. The molecule has 0 amide bonds. The van der Waals surface area contributed by atoms with Gasteiger partial charge in [-0.3, -0.25) is 0 Å². The van der Waals surface area contributed by atoms with Gasteiger partial charge < -0.3 is 4.90 Å². The Bertz CT molecular complexity index is 3850. The first-order valence-corrected chi connectivity index (χ1v) is 21.9. The molecule has 0 N–H and O–H groups in total. The van der Waals surface area contributed by atoms with Gasteiger partial charge in [-0.1, -0.05) is 140 Å². The van der Waals surface area contributed by atoms with Crippen molar-refractivity contribution in [2.75, 3.05) is 4.90 Å². The Morgan fingerprint density at radius 3 is 1.26 bits per heavy atom. The molecule has 5 nitrogen and oxygen atoms in total. The second kappa shape index (κ2) is 14.9. The summed E-state index contributed by atoms with van der Waals surface area (Å²) in [7, 11) is 0. The molecule has 9 aromatic carbocycles. The Labute approximate surface area is 374 Å². The summed E-state index contributed by atoms with van der Waals surface area (Å²) in [6.07, 6.45) is 3.62. The van der Waals surface area contributed by atoms with Crippen LogP contribution < -0.4 is 4.90 Å². The maximum atomic E-state index is 5.10. The average Bonchev–Trinajstić information content (AvgIpc) is 3.38. The van der Waals surface area contributed by atoms with Gasteiger partial charge in [0.1, 0.15) is 0 Å². The predicted octanol–water partition coefficient (Wildman–Crippen LogP) is 15.8. The van der Waals surface area contributed by atoms with E-state index < -0.39 is 0 Å². The number of benzene rings is 9. The van der Waals surface area contributed by atoms with Crippen molar-refractivity contribution in [1.82, 2.24) is 19.9 Å². The zero-order valence-electron chi connectivity index (χ0n) is 35.1. The molecule has 4 aromatic heterocycles. The SMILES string of the molecule is c1ccc2cc(-c3ccc4c(ccc5cc(N(c6ccc(-c7nc8ncccc8c8ccccc78)cc6)c6ccc(-c7nc8ncccc8c8ccccc78)cc6)ccc54)c3)ccc2c1. The molecule has 0 fully saturated rings. The second-order valence-corrected chi connectivity index (χ2v) is 16.7. The Balaban J connectivity index is 0.926. The molecule has 0 unspecified atom stereocenters. The van der Waals surface area contributed by atoms with Crippen molar-refractivity contribution in [2.24, 2.45) is 0 Å². The zero-order chi connectivity index (χ0) is 42.8. The van der Waals surface area contributed by atoms with Gasteiger partial charge in [0.05, 0.1) is 11.4 Å². The van der Waals surface area contributed by atoms with Crippen LogP contribution >= 0.6 is 0 Å². The summed E-state index contributed by atoms with van der Waals surface area (Å²) < 4.78 is 0. The largest absolute Gasteiger partial charge is 0.310 e. The number of fused-ring (bicyclic) bond motifs is 10. The first-order chi connectivity index (χ1) is 32.2. The lowest BCUT2D eigenvalue weighted by Gasteiger charge is -2.26. The van der Waals surface area contributed by atoms with E-state index in [9.17, 15) is 0 Å². The third-order valence-electron chi connectivity index (χ3n) is 12.9. The van der Waals surface area contributed by atoms with E-state index in [2.05, 4.69) is 215 Å². The van der Waals surface area contributed by atoms with Crippen LogP contribution in [0.4, 0.5) is 17.1 Å². The lowest BCUT2D eigenvalue weighted by molar-refractivity contribution is 1.28. The summed E-state index contributed by atoms with van der Waals surface area (Å²) in [5.41, 5.74) is 10.9. The molecular formula is C60H37N5. The van der Waals surface area contributed by atoms with Gasteiger partial charge in [-0.05, 0) is 127 Å². The molecule has 0 atom stereocenters. The van der Waals surface area contributed by atoms with Crippen molar-refractivity contribution in [1.29, 1.82) is 0 Å². The van der Waals surface area contributed by atoms with Crippen LogP contribution in [0.1, 0.15) is 0 Å². The highest BCUT2D eigenvalue weighted by Gasteiger charge is 2.18. The summed E-state index contributed by atoms with van der Waals surface area (Å²) in [6, 6.07) is 76.0. The maximum absolute atomic E-state index is 5.10. The molecule has 0 saturated heterocycles. The van der Waals surface area contributed by atoms with Gasteiger partial charge >= 0.3 is 0 Å². The molecule has 13 rings (SSSR count). The Hall–Kier alpha value is -8.80. The normalized spacial score (nSPS) is 11.7. The maximum Gasteiger partial charge on any atom is 0.160 e. The second-order valence-electron chi connectivity index (χ2n) is 16.7. The van der Waals surface area contributed by atoms with Gasteiger partial charge in [0.15, 0.2) is 11.3 Å². The lowest BCUT2D eigenvalue weighted by Crippen LogP contribution is -2.10. The van der Waals surface area contributed by atoms with Gasteiger partial charge in [0.2, 0.25) is 0 Å². The molecule has 65 heavy (non-hydrogen) atoms. The molecule has 0 aliphatic carbocycles. The topological polar surface area (TPSA) is 54.8 Å². The summed E-state index contributed by atoms with van der Waals surface area (Å²) in [6.45, 7) is 0. The quantitative estimate of drug-likeness (QED) is 0.156. The Morgan fingerprint density at radius 2 is 0.677 bits per heavy atom. The monoisotopic (exact) mass is 827 g/mol. The van der Waals surface area contributed by atoms with E-state index >= 15 is 0 Å². The van der Waals surface area contributed by atoms with E-state index in [1.54, 1.807) is 0 Å². The summed E-state index contributed by atoms with van der Waals surface area (Å²) >= 11 is 0. The van der Waals surface area contributed by atoms with Crippen molar-refractivity contribution < 1.29 is 0 Å². The minimum atomic E-state index is 0.741. The molecule has 0 spiro atoms. The Morgan fingerprint density at radius 1 is 0.262 bits per heavy atom. The highest BCUT2D eigenvalue weighted by molar-refractivity contribution is 6.12. The van der Waals surface area contributed by atoms with E-state index in [1.165, 1.54) is 43.4 Å². The van der Waals surface area contributed by atoms with Crippen LogP contribution in [0, 0.1) is 0 Å². The number of hydrogen-bond acceptors (Lipinski definition) is 5. The van der Waals surface area contributed by atoms with E-state index in [0.717, 1.165) is 83.2 Å². The average molecular weight is 828 g/mol.